The number of amides is 1. The lowest BCUT2D eigenvalue weighted by Crippen LogP contribution is -2.41. The molecule has 1 aliphatic heterocycles. The van der Waals surface area contributed by atoms with E-state index in [2.05, 4.69) is 5.32 Å². The molecule has 0 radical (unpaired) electrons. The fraction of sp³-hybridized carbons (Fsp3) is 0.500. The molecule has 1 unspecified atom stereocenters. The molecule has 24 heavy (non-hydrogen) atoms. The first kappa shape index (κ1) is 18.4. The van der Waals surface area contributed by atoms with Gasteiger partial charge in [-0.1, -0.05) is 6.42 Å². The van der Waals surface area contributed by atoms with Gasteiger partial charge in [-0.15, -0.1) is 0 Å². The number of carbonyl (C=O) groups excluding carboxylic acids is 1. The van der Waals surface area contributed by atoms with Crippen LogP contribution in [0.2, 0.25) is 0 Å². The Hall–Kier alpha value is -1.93. The van der Waals surface area contributed by atoms with Crippen molar-refractivity contribution in [2.24, 2.45) is 0 Å². The molecule has 1 amide bonds. The smallest absolute Gasteiger partial charge is 0.305 e. The average molecular weight is 354 g/mol. The molecule has 0 aliphatic carbocycles. The zero-order valence-corrected chi connectivity index (χ0v) is 14.4. The van der Waals surface area contributed by atoms with Crippen molar-refractivity contribution >= 4 is 21.9 Å². The Morgan fingerprint density at radius 2 is 1.92 bits per heavy atom. The van der Waals surface area contributed by atoms with Crippen molar-refractivity contribution in [2.45, 2.75) is 43.5 Å². The van der Waals surface area contributed by atoms with Crippen molar-refractivity contribution in [1.82, 2.24) is 9.62 Å². The standard InChI is InChI=1S/C16H22N2O5S/c1-12-4-2-3-11-18(12)24(22,23)14-7-5-13(6-8-14)16(21)17-10-9-15(19)20/h5-8,12H,2-4,9-11H2,1H3,(H,17,21)(H,19,20). The number of piperidine rings is 1. The average Bonchev–Trinajstić information content (AvgIpc) is 2.54. The van der Waals surface area contributed by atoms with E-state index in [4.69, 9.17) is 5.11 Å². The molecule has 2 N–H and O–H groups in total. The van der Waals surface area contributed by atoms with Crippen LogP contribution in [0.15, 0.2) is 29.2 Å². The van der Waals surface area contributed by atoms with Crippen molar-refractivity contribution in [3.63, 3.8) is 0 Å². The van der Waals surface area contributed by atoms with E-state index in [0.29, 0.717) is 12.1 Å². The molecule has 1 heterocycles. The summed E-state index contributed by atoms with van der Waals surface area (Å²) in [5, 5.41) is 11.0. The number of carboxylic acids is 1. The van der Waals surface area contributed by atoms with Gasteiger partial charge in [0.1, 0.15) is 0 Å². The van der Waals surface area contributed by atoms with Crippen LogP contribution in [0.5, 0.6) is 0 Å². The largest absolute Gasteiger partial charge is 0.481 e. The Kier molecular flexibility index (Phi) is 5.95. The number of nitrogens with zero attached hydrogens (tertiary/aromatic N) is 1. The summed E-state index contributed by atoms with van der Waals surface area (Å²) in [5.41, 5.74) is 0.297. The number of sulfonamides is 1. The summed E-state index contributed by atoms with van der Waals surface area (Å²) in [5.74, 6) is -1.42. The molecule has 0 saturated carbocycles. The lowest BCUT2D eigenvalue weighted by molar-refractivity contribution is -0.136. The molecule has 1 aromatic carbocycles. The summed E-state index contributed by atoms with van der Waals surface area (Å²) in [7, 11) is -3.56. The van der Waals surface area contributed by atoms with Gasteiger partial charge in [-0.3, -0.25) is 9.59 Å². The molecule has 7 nitrogen and oxygen atoms in total. The highest BCUT2D eigenvalue weighted by Crippen LogP contribution is 2.25. The third kappa shape index (κ3) is 4.33. The molecule has 1 atom stereocenters. The molecule has 1 aliphatic rings. The SMILES string of the molecule is CC1CCCCN1S(=O)(=O)c1ccc(C(=O)NCCC(=O)O)cc1. The fourth-order valence-electron chi connectivity index (χ4n) is 2.73. The van der Waals surface area contributed by atoms with E-state index in [9.17, 15) is 18.0 Å². The third-order valence-corrected chi connectivity index (χ3v) is 6.12. The Bertz CT molecular complexity index is 700. The van der Waals surface area contributed by atoms with E-state index in [1.54, 1.807) is 0 Å². The van der Waals surface area contributed by atoms with E-state index >= 15 is 0 Å². The maximum Gasteiger partial charge on any atom is 0.305 e. The normalized spacial score (nSPS) is 19.0. The number of rotatable bonds is 6. The van der Waals surface area contributed by atoms with Crippen molar-refractivity contribution in [3.8, 4) is 0 Å². The molecule has 2 rings (SSSR count). The first-order chi connectivity index (χ1) is 11.3. The summed E-state index contributed by atoms with van der Waals surface area (Å²) in [6, 6.07) is 5.70. The zero-order chi connectivity index (χ0) is 17.7. The summed E-state index contributed by atoms with van der Waals surface area (Å²) in [6.45, 7) is 2.45. The van der Waals surface area contributed by atoms with Crippen LogP contribution in [0.25, 0.3) is 0 Å². The zero-order valence-electron chi connectivity index (χ0n) is 13.6. The molecule has 0 spiro atoms. The second kappa shape index (κ2) is 7.76. The first-order valence-corrected chi connectivity index (χ1v) is 9.38. The minimum absolute atomic E-state index is 0.0252. The van der Waals surface area contributed by atoms with Crippen LogP contribution in [-0.4, -0.2) is 48.8 Å². The summed E-state index contributed by atoms with van der Waals surface area (Å²) in [4.78, 5) is 22.5. The van der Waals surface area contributed by atoms with Gasteiger partial charge in [0.2, 0.25) is 10.0 Å². The number of benzene rings is 1. The minimum atomic E-state index is -3.56. The molecule has 132 valence electrons. The van der Waals surface area contributed by atoms with E-state index in [1.165, 1.54) is 28.6 Å². The molecule has 1 saturated heterocycles. The summed E-state index contributed by atoms with van der Waals surface area (Å²) in [6.07, 6.45) is 2.57. The monoisotopic (exact) mass is 354 g/mol. The molecular weight excluding hydrogens is 332 g/mol. The van der Waals surface area contributed by atoms with Crippen molar-refractivity contribution in [1.29, 1.82) is 0 Å². The molecular formula is C16H22N2O5S. The fourth-order valence-corrected chi connectivity index (χ4v) is 4.43. The lowest BCUT2D eigenvalue weighted by Gasteiger charge is -2.32. The second-order valence-electron chi connectivity index (χ2n) is 5.88. The Morgan fingerprint density at radius 3 is 2.50 bits per heavy atom. The van der Waals surface area contributed by atoms with Crippen molar-refractivity contribution in [3.05, 3.63) is 29.8 Å². The Morgan fingerprint density at radius 1 is 1.25 bits per heavy atom. The molecule has 1 fully saturated rings. The third-order valence-electron chi connectivity index (χ3n) is 4.09. The van der Waals surface area contributed by atoms with Gasteiger partial charge in [-0.25, -0.2) is 8.42 Å². The molecule has 8 heteroatoms. The van der Waals surface area contributed by atoms with E-state index in [0.717, 1.165) is 19.3 Å². The quantitative estimate of drug-likeness (QED) is 0.805. The summed E-state index contributed by atoms with van der Waals surface area (Å²) < 4.78 is 26.9. The number of carboxylic acid groups (broad SMARTS) is 1. The highest BCUT2D eigenvalue weighted by atomic mass is 32.2. The summed E-state index contributed by atoms with van der Waals surface area (Å²) >= 11 is 0. The van der Waals surface area contributed by atoms with Gasteiger partial charge in [-0.05, 0) is 44.0 Å². The number of hydrogen-bond donors (Lipinski definition) is 2. The highest BCUT2D eigenvalue weighted by Gasteiger charge is 2.30. The minimum Gasteiger partial charge on any atom is -0.481 e. The van der Waals surface area contributed by atoms with E-state index in [-0.39, 0.29) is 23.9 Å². The predicted octanol–water partition coefficient (Wildman–Crippen LogP) is 1.45. The Balaban J connectivity index is 2.08. The predicted molar refractivity (Wildman–Crippen MR) is 88.2 cm³/mol. The van der Waals surface area contributed by atoms with E-state index < -0.39 is 21.9 Å². The Labute approximate surface area is 141 Å². The lowest BCUT2D eigenvalue weighted by atomic mass is 10.1. The van der Waals surface area contributed by atoms with Gasteiger partial charge in [0.05, 0.1) is 11.3 Å². The van der Waals surface area contributed by atoms with Crippen LogP contribution in [0.4, 0.5) is 0 Å². The van der Waals surface area contributed by atoms with Crippen molar-refractivity contribution < 1.29 is 23.1 Å². The molecule has 0 bridgehead atoms. The number of carbonyl (C=O) groups is 2. The van der Waals surface area contributed by atoms with Gasteiger partial charge in [-0.2, -0.15) is 4.31 Å². The molecule has 1 aromatic rings. The highest BCUT2D eigenvalue weighted by molar-refractivity contribution is 7.89. The topological polar surface area (TPSA) is 104 Å². The van der Waals surface area contributed by atoms with E-state index in [1.807, 2.05) is 6.92 Å². The van der Waals surface area contributed by atoms with Crippen LogP contribution in [-0.2, 0) is 14.8 Å². The van der Waals surface area contributed by atoms with Gasteiger partial charge in [0.25, 0.3) is 5.91 Å². The van der Waals surface area contributed by atoms with Crippen LogP contribution < -0.4 is 5.32 Å². The maximum absolute atomic E-state index is 12.7. The van der Waals surface area contributed by atoms with Crippen LogP contribution in [0.3, 0.4) is 0 Å². The van der Waals surface area contributed by atoms with Crippen molar-refractivity contribution in [2.75, 3.05) is 13.1 Å². The number of aliphatic carboxylic acids is 1. The van der Waals surface area contributed by atoms with Gasteiger partial charge < -0.3 is 10.4 Å². The first-order valence-electron chi connectivity index (χ1n) is 7.94. The second-order valence-corrected chi connectivity index (χ2v) is 7.78. The van der Waals surface area contributed by atoms with Crippen LogP contribution in [0.1, 0.15) is 43.0 Å². The maximum atomic E-state index is 12.7. The van der Waals surface area contributed by atoms with Gasteiger partial charge >= 0.3 is 5.97 Å². The number of nitrogens with one attached hydrogen (secondary N) is 1. The molecule has 0 aromatic heterocycles. The number of hydrogen-bond acceptors (Lipinski definition) is 4. The van der Waals surface area contributed by atoms with Gasteiger partial charge in [0.15, 0.2) is 0 Å². The van der Waals surface area contributed by atoms with Crippen LogP contribution >= 0.6 is 0 Å². The van der Waals surface area contributed by atoms with Crippen LogP contribution in [0, 0.1) is 0 Å². The van der Waals surface area contributed by atoms with Gasteiger partial charge in [0, 0.05) is 24.7 Å².